The van der Waals surface area contributed by atoms with Gasteiger partial charge in [-0.2, -0.15) is 0 Å². The fourth-order valence-corrected chi connectivity index (χ4v) is 3.10. The molecule has 2 rings (SSSR count). The summed E-state index contributed by atoms with van der Waals surface area (Å²) >= 11 is -0.925. The van der Waals surface area contributed by atoms with Gasteiger partial charge in [-0.25, -0.2) is 8.78 Å². The average molecular weight is 299 g/mol. The molecule has 1 unspecified atom stereocenters. The summed E-state index contributed by atoms with van der Waals surface area (Å²) in [5, 5.41) is 16.2. The molecule has 0 amide bonds. The molecule has 0 aliphatic carbocycles. The molecular formula is C11H10AlF2N2O4. The first-order valence-electron chi connectivity index (χ1n) is 5.53. The van der Waals surface area contributed by atoms with Crippen molar-refractivity contribution < 1.29 is 27.2 Å². The lowest BCUT2D eigenvalue weighted by molar-refractivity contribution is -0.138. The topological polar surface area (TPSA) is 106 Å². The van der Waals surface area contributed by atoms with Gasteiger partial charge in [-0.3, -0.25) is 10.2 Å². The number of halogens is 2. The highest BCUT2D eigenvalue weighted by Crippen LogP contribution is 2.28. The molecule has 1 aromatic rings. The van der Waals surface area contributed by atoms with Crippen LogP contribution in [0.4, 0.5) is 8.78 Å². The van der Waals surface area contributed by atoms with E-state index in [0.717, 1.165) is 0 Å². The van der Waals surface area contributed by atoms with Crippen molar-refractivity contribution in [2.45, 2.75) is 12.5 Å². The summed E-state index contributed by atoms with van der Waals surface area (Å²) in [7, 11) is 1.25. The maximum Gasteiger partial charge on any atom is 0.576 e. The zero-order valence-electron chi connectivity index (χ0n) is 10.4. The Morgan fingerprint density at radius 2 is 2.20 bits per heavy atom. The molecule has 4 N–H and O–H groups in total. The van der Waals surface area contributed by atoms with Crippen LogP contribution in [0.25, 0.3) is 0 Å². The van der Waals surface area contributed by atoms with Crippen molar-refractivity contribution >= 4 is 31.8 Å². The Kier molecular flexibility index (Phi) is 3.95. The Hall–Kier alpha value is -1.69. The fourth-order valence-electron chi connectivity index (χ4n) is 1.97. The van der Waals surface area contributed by atoms with E-state index >= 15 is 0 Å². The van der Waals surface area contributed by atoms with Gasteiger partial charge >= 0.3 is 21.5 Å². The summed E-state index contributed by atoms with van der Waals surface area (Å²) in [5.74, 6) is -4.26. The van der Waals surface area contributed by atoms with Gasteiger partial charge in [-0.15, -0.1) is 0 Å². The first kappa shape index (κ1) is 14.7. The molecule has 1 heterocycles. The van der Waals surface area contributed by atoms with Crippen molar-refractivity contribution in [2.75, 3.05) is 7.11 Å². The lowest BCUT2D eigenvalue weighted by Crippen LogP contribution is -2.34. The summed E-state index contributed by atoms with van der Waals surface area (Å²) < 4.78 is 38.3. The van der Waals surface area contributed by atoms with Crippen LogP contribution in [0, 0.1) is 17.0 Å². The van der Waals surface area contributed by atoms with Gasteiger partial charge < -0.3 is 19.4 Å². The monoisotopic (exact) mass is 299 g/mol. The Labute approximate surface area is 119 Å². The van der Waals surface area contributed by atoms with Crippen molar-refractivity contribution in [1.82, 2.24) is 0 Å². The molecule has 1 aliphatic rings. The van der Waals surface area contributed by atoms with Crippen molar-refractivity contribution in [2.24, 2.45) is 5.73 Å². The van der Waals surface area contributed by atoms with Crippen LogP contribution in [0.1, 0.15) is 11.1 Å². The second-order valence-corrected chi connectivity index (χ2v) is 5.19. The van der Waals surface area contributed by atoms with Crippen LogP contribution >= 0.6 is 0 Å². The van der Waals surface area contributed by atoms with E-state index in [-0.39, 0.29) is 21.3 Å². The Bertz CT molecular complexity index is 609. The first-order valence-corrected chi connectivity index (χ1v) is 6.58. The SMILES string of the molecule is COc1c(CC(N)C(=O)O)c(F)c(F)c2[c]1[Al][O]C2=N. The van der Waals surface area contributed by atoms with Crippen LogP contribution < -0.4 is 14.9 Å². The number of benzene rings is 1. The van der Waals surface area contributed by atoms with E-state index in [1.54, 1.807) is 0 Å². The summed E-state index contributed by atoms with van der Waals surface area (Å²) in [6, 6.07) is -1.38. The Morgan fingerprint density at radius 3 is 2.75 bits per heavy atom. The molecule has 0 fully saturated rings. The fraction of sp³-hybridized carbons (Fsp3) is 0.273. The van der Waals surface area contributed by atoms with Gasteiger partial charge in [0.15, 0.2) is 17.5 Å². The van der Waals surface area contributed by atoms with Crippen molar-refractivity contribution in [3.05, 3.63) is 22.8 Å². The molecule has 20 heavy (non-hydrogen) atoms. The molecule has 0 bridgehead atoms. The Morgan fingerprint density at radius 1 is 1.55 bits per heavy atom. The minimum atomic E-state index is -1.38. The van der Waals surface area contributed by atoms with E-state index in [0.29, 0.717) is 0 Å². The number of carboxylic acid groups (broad SMARTS) is 1. The molecule has 0 spiro atoms. The number of hydrogen-bond donors (Lipinski definition) is 3. The molecule has 1 aromatic carbocycles. The number of ether oxygens (including phenoxy) is 1. The van der Waals surface area contributed by atoms with E-state index in [9.17, 15) is 13.6 Å². The van der Waals surface area contributed by atoms with Gasteiger partial charge in [-0.1, -0.05) is 0 Å². The van der Waals surface area contributed by atoms with E-state index in [2.05, 4.69) is 0 Å². The molecule has 1 atom stereocenters. The molecule has 0 saturated heterocycles. The first-order chi connectivity index (χ1) is 9.38. The summed E-state index contributed by atoms with van der Waals surface area (Å²) in [5.41, 5.74) is 4.84. The average Bonchev–Trinajstić information content (AvgIpc) is 2.78. The summed E-state index contributed by atoms with van der Waals surface area (Å²) in [6.45, 7) is 0. The third-order valence-corrected chi connectivity index (χ3v) is 4.07. The van der Waals surface area contributed by atoms with Gasteiger partial charge in [0, 0.05) is 12.0 Å². The second-order valence-electron chi connectivity index (χ2n) is 4.14. The summed E-state index contributed by atoms with van der Waals surface area (Å²) in [6.07, 6.45) is -0.415. The molecular weight excluding hydrogens is 289 g/mol. The quantitative estimate of drug-likeness (QED) is 0.652. The molecule has 0 saturated carbocycles. The van der Waals surface area contributed by atoms with Crippen LogP contribution in [0.5, 0.6) is 5.75 Å². The number of carboxylic acids is 1. The van der Waals surface area contributed by atoms with Crippen molar-refractivity contribution in [3.63, 3.8) is 0 Å². The maximum absolute atomic E-state index is 14.1. The highest BCUT2D eigenvalue weighted by atomic mass is 27.1. The van der Waals surface area contributed by atoms with Crippen LogP contribution in [0.2, 0.25) is 0 Å². The molecule has 105 valence electrons. The number of carbonyl (C=O) groups is 1. The predicted octanol–water partition coefficient (Wildman–Crippen LogP) is -0.472. The van der Waals surface area contributed by atoms with Crippen LogP contribution in [-0.2, 0) is 15.0 Å². The highest BCUT2D eigenvalue weighted by molar-refractivity contribution is 6.57. The van der Waals surface area contributed by atoms with Gasteiger partial charge in [0.05, 0.1) is 12.7 Å². The molecule has 6 nitrogen and oxygen atoms in total. The van der Waals surface area contributed by atoms with Crippen molar-refractivity contribution in [1.29, 1.82) is 5.41 Å². The van der Waals surface area contributed by atoms with Crippen LogP contribution in [-0.4, -0.2) is 45.7 Å². The zero-order valence-corrected chi connectivity index (χ0v) is 11.5. The van der Waals surface area contributed by atoms with Crippen LogP contribution in [0.15, 0.2) is 0 Å². The predicted molar refractivity (Wildman–Crippen MR) is 65.5 cm³/mol. The number of hydrogen-bond acceptors (Lipinski definition) is 5. The smallest absolute Gasteiger partial charge is 0.576 e. The number of aliphatic carboxylic acids is 1. The number of fused-ring (bicyclic) bond motifs is 1. The van der Waals surface area contributed by atoms with Gasteiger partial charge in [0.25, 0.3) is 0 Å². The van der Waals surface area contributed by atoms with Crippen LogP contribution in [0.3, 0.4) is 0 Å². The number of rotatable bonds is 4. The second kappa shape index (κ2) is 5.36. The molecule has 1 radical (unpaired) electrons. The highest BCUT2D eigenvalue weighted by Gasteiger charge is 2.35. The van der Waals surface area contributed by atoms with Gasteiger partial charge in [0.2, 0.25) is 0 Å². The third-order valence-electron chi connectivity index (χ3n) is 2.93. The van der Waals surface area contributed by atoms with Gasteiger partial charge in [-0.05, 0) is 4.43 Å². The maximum atomic E-state index is 14.1. The number of nitrogens with two attached hydrogens (primary N) is 1. The molecule has 0 aromatic heterocycles. The van der Waals surface area contributed by atoms with E-state index in [1.165, 1.54) is 7.11 Å². The molecule has 9 heteroatoms. The van der Waals surface area contributed by atoms with Gasteiger partial charge in [0.1, 0.15) is 11.8 Å². The van der Waals surface area contributed by atoms with E-state index < -0.39 is 51.5 Å². The lowest BCUT2D eigenvalue weighted by Gasteiger charge is -2.16. The number of nitrogens with one attached hydrogen (secondary N) is 1. The minimum Gasteiger partial charge on any atom is -0.630 e. The Balaban J connectivity index is 2.61. The van der Waals surface area contributed by atoms with E-state index in [1.807, 2.05) is 0 Å². The minimum absolute atomic E-state index is 0.00727. The third kappa shape index (κ3) is 2.24. The van der Waals surface area contributed by atoms with E-state index in [4.69, 9.17) is 24.8 Å². The summed E-state index contributed by atoms with van der Waals surface area (Å²) in [4.78, 5) is 10.7. The zero-order chi connectivity index (χ0) is 15.0. The number of methoxy groups -OCH3 is 1. The lowest BCUT2D eigenvalue weighted by atomic mass is 10.0. The largest absolute Gasteiger partial charge is 0.630 e. The normalized spacial score (nSPS) is 14.3. The molecule has 1 aliphatic heterocycles. The van der Waals surface area contributed by atoms with Crippen molar-refractivity contribution in [3.8, 4) is 5.75 Å². The standard InChI is InChI=1S/C11H11F2N2O4.Al/c1-19-7-3-5(10(15)16)9(13)8(12)4(7)2-6(14)11(17)18;/h6H,2,14H2,1H3,(H2,15,16)(H,17,18);/q;+1/p-1.